The zero-order valence-electron chi connectivity index (χ0n) is 13.5. The lowest BCUT2D eigenvalue weighted by molar-refractivity contribution is 0.224. The maximum atomic E-state index is 5.32. The number of nitrogens with one attached hydrogen (secondary N) is 1. The third kappa shape index (κ3) is 5.00. The summed E-state index contributed by atoms with van der Waals surface area (Å²) < 4.78 is 6.38. The molecule has 21 heavy (non-hydrogen) atoms. The van der Waals surface area contributed by atoms with Crippen LogP contribution >= 0.6 is 15.9 Å². The molecule has 0 amide bonds. The Morgan fingerprint density at radius 1 is 1.24 bits per heavy atom. The van der Waals surface area contributed by atoms with Crippen molar-refractivity contribution in [1.29, 1.82) is 0 Å². The van der Waals surface area contributed by atoms with Crippen molar-refractivity contribution < 1.29 is 4.74 Å². The van der Waals surface area contributed by atoms with Crippen molar-refractivity contribution in [3.05, 3.63) is 28.2 Å². The van der Waals surface area contributed by atoms with E-state index in [4.69, 9.17) is 4.74 Å². The molecule has 1 aromatic rings. The van der Waals surface area contributed by atoms with Gasteiger partial charge in [-0.25, -0.2) is 0 Å². The van der Waals surface area contributed by atoms with E-state index in [9.17, 15) is 0 Å². The van der Waals surface area contributed by atoms with Gasteiger partial charge in [-0.1, -0.05) is 32.8 Å². The van der Waals surface area contributed by atoms with Crippen LogP contribution in [0.25, 0.3) is 0 Å². The minimum atomic E-state index is 0.586. The molecule has 1 saturated carbocycles. The van der Waals surface area contributed by atoms with Crippen molar-refractivity contribution >= 4 is 15.9 Å². The molecule has 1 aliphatic rings. The maximum Gasteiger partial charge on any atom is 0.133 e. The SMILES string of the molecule is COc1ccc(CC2CCCCC2CNC(C)C)cc1Br. The van der Waals surface area contributed by atoms with Crippen molar-refractivity contribution in [2.24, 2.45) is 11.8 Å². The summed E-state index contributed by atoms with van der Waals surface area (Å²) in [5.74, 6) is 2.55. The molecule has 1 aliphatic carbocycles. The first-order chi connectivity index (χ1) is 10.1. The Kier molecular flexibility index (Phi) is 6.56. The van der Waals surface area contributed by atoms with Gasteiger partial charge in [-0.2, -0.15) is 0 Å². The summed E-state index contributed by atoms with van der Waals surface area (Å²) in [6.45, 7) is 5.64. The quantitative estimate of drug-likeness (QED) is 0.792. The molecule has 0 radical (unpaired) electrons. The summed E-state index contributed by atoms with van der Waals surface area (Å²) in [6, 6.07) is 7.09. The molecule has 2 atom stereocenters. The summed E-state index contributed by atoms with van der Waals surface area (Å²) >= 11 is 3.60. The Morgan fingerprint density at radius 3 is 2.57 bits per heavy atom. The topological polar surface area (TPSA) is 21.3 Å². The number of halogens is 1. The second-order valence-corrected chi connectivity index (χ2v) is 7.39. The highest BCUT2D eigenvalue weighted by Crippen LogP contribution is 2.34. The van der Waals surface area contributed by atoms with E-state index in [1.807, 2.05) is 0 Å². The van der Waals surface area contributed by atoms with Crippen molar-refractivity contribution in [1.82, 2.24) is 5.32 Å². The Hall–Kier alpha value is -0.540. The second-order valence-electron chi connectivity index (χ2n) is 6.54. The molecule has 1 fully saturated rings. The highest BCUT2D eigenvalue weighted by molar-refractivity contribution is 9.10. The fourth-order valence-corrected chi connectivity index (χ4v) is 3.94. The average Bonchev–Trinajstić information content (AvgIpc) is 2.46. The number of benzene rings is 1. The molecule has 118 valence electrons. The third-order valence-corrected chi connectivity index (χ3v) is 5.19. The molecule has 1 N–H and O–H groups in total. The predicted molar refractivity (Wildman–Crippen MR) is 93.0 cm³/mol. The first-order valence-electron chi connectivity index (χ1n) is 8.16. The van der Waals surface area contributed by atoms with Crippen molar-refractivity contribution in [3.63, 3.8) is 0 Å². The average molecular weight is 354 g/mol. The lowest BCUT2D eigenvalue weighted by Gasteiger charge is -2.32. The van der Waals surface area contributed by atoms with E-state index in [2.05, 4.69) is 53.3 Å². The van der Waals surface area contributed by atoms with Gasteiger partial charge in [-0.15, -0.1) is 0 Å². The van der Waals surface area contributed by atoms with Crippen LogP contribution in [-0.2, 0) is 6.42 Å². The van der Waals surface area contributed by atoms with Crippen molar-refractivity contribution in [2.75, 3.05) is 13.7 Å². The van der Waals surface area contributed by atoms with E-state index in [-0.39, 0.29) is 0 Å². The normalized spacial score (nSPS) is 22.5. The Bertz CT molecular complexity index is 447. The highest BCUT2D eigenvalue weighted by atomic mass is 79.9. The fraction of sp³-hybridized carbons (Fsp3) is 0.667. The van der Waals surface area contributed by atoms with Crippen LogP contribution in [0.2, 0.25) is 0 Å². The number of hydrogen-bond donors (Lipinski definition) is 1. The van der Waals surface area contributed by atoms with Crippen LogP contribution in [0, 0.1) is 11.8 Å². The van der Waals surface area contributed by atoms with Gasteiger partial charge < -0.3 is 10.1 Å². The molecule has 1 aromatic carbocycles. The Balaban J connectivity index is 1.99. The van der Waals surface area contributed by atoms with Crippen molar-refractivity contribution in [2.45, 2.75) is 52.0 Å². The Labute approximate surface area is 137 Å². The van der Waals surface area contributed by atoms with Crippen molar-refractivity contribution in [3.8, 4) is 5.75 Å². The summed E-state index contributed by atoms with van der Waals surface area (Å²) in [5.41, 5.74) is 1.42. The molecule has 0 heterocycles. The minimum Gasteiger partial charge on any atom is -0.496 e. The smallest absolute Gasteiger partial charge is 0.133 e. The second kappa shape index (κ2) is 8.19. The summed E-state index contributed by atoms with van der Waals surface area (Å²) in [5, 5.41) is 3.63. The van der Waals surface area contributed by atoms with Crippen LogP contribution in [0.4, 0.5) is 0 Å². The largest absolute Gasteiger partial charge is 0.496 e. The predicted octanol–water partition coefficient (Wildman–Crippen LogP) is 4.80. The van der Waals surface area contributed by atoms with E-state index >= 15 is 0 Å². The van der Waals surface area contributed by atoms with Gasteiger partial charge in [-0.05, 0) is 71.3 Å². The summed E-state index contributed by atoms with van der Waals surface area (Å²) in [4.78, 5) is 0. The van der Waals surface area contributed by atoms with Crippen LogP contribution in [0.15, 0.2) is 22.7 Å². The molecule has 2 rings (SSSR count). The van der Waals surface area contributed by atoms with Gasteiger partial charge in [-0.3, -0.25) is 0 Å². The Morgan fingerprint density at radius 2 is 1.95 bits per heavy atom. The van der Waals surface area contributed by atoms with Crippen LogP contribution in [-0.4, -0.2) is 19.7 Å². The number of ether oxygens (including phenoxy) is 1. The summed E-state index contributed by atoms with van der Waals surface area (Å²) in [7, 11) is 1.72. The highest BCUT2D eigenvalue weighted by Gasteiger charge is 2.25. The molecule has 3 heteroatoms. The van der Waals surface area contributed by atoms with Gasteiger partial charge in [0.15, 0.2) is 0 Å². The van der Waals surface area contributed by atoms with Crippen LogP contribution < -0.4 is 10.1 Å². The van der Waals surface area contributed by atoms with E-state index in [0.717, 1.165) is 22.1 Å². The number of methoxy groups -OCH3 is 1. The van der Waals surface area contributed by atoms with E-state index in [1.165, 1.54) is 44.2 Å². The lowest BCUT2D eigenvalue weighted by Crippen LogP contribution is -2.34. The van der Waals surface area contributed by atoms with Gasteiger partial charge in [0, 0.05) is 6.04 Å². The standard InChI is InChI=1S/C18H28BrNO/c1-13(2)20-12-16-7-5-4-6-15(16)10-14-8-9-18(21-3)17(19)11-14/h8-9,11,13,15-16,20H,4-7,10,12H2,1-3H3. The van der Waals surface area contributed by atoms with E-state index < -0.39 is 0 Å². The van der Waals surface area contributed by atoms with Gasteiger partial charge in [0.2, 0.25) is 0 Å². The molecule has 0 spiro atoms. The molecule has 2 nitrogen and oxygen atoms in total. The van der Waals surface area contributed by atoms with Crippen LogP contribution in [0.1, 0.15) is 45.1 Å². The van der Waals surface area contributed by atoms with Gasteiger partial charge in [0.25, 0.3) is 0 Å². The van der Waals surface area contributed by atoms with E-state index in [0.29, 0.717) is 6.04 Å². The third-order valence-electron chi connectivity index (χ3n) is 4.57. The maximum absolute atomic E-state index is 5.32. The zero-order chi connectivity index (χ0) is 15.2. The molecular formula is C18H28BrNO. The zero-order valence-corrected chi connectivity index (χ0v) is 15.1. The molecule has 2 unspecified atom stereocenters. The lowest BCUT2D eigenvalue weighted by atomic mass is 9.76. The first-order valence-corrected chi connectivity index (χ1v) is 8.95. The van der Waals surface area contributed by atoms with E-state index in [1.54, 1.807) is 7.11 Å². The molecule has 0 aromatic heterocycles. The van der Waals surface area contributed by atoms with Crippen LogP contribution in [0.3, 0.4) is 0 Å². The van der Waals surface area contributed by atoms with Gasteiger partial charge in [0.05, 0.1) is 11.6 Å². The van der Waals surface area contributed by atoms with Gasteiger partial charge >= 0.3 is 0 Å². The summed E-state index contributed by atoms with van der Waals surface area (Å²) in [6.07, 6.45) is 6.72. The fourth-order valence-electron chi connectivity index (χ4n) is 3.35. The van der Waals surface area contributed by atoms with Gasteiger partial charge in [0.1, 0.15) is 5.75 Å². The molecular weight excluding hydrogens is 326 g/mol. The molecule has 0 aliphatic heterocycles. The van der Waals surface area contributed by atoms with Crippen LogP contribution in [0.5, 0.6) is 5.75 Å². The first kappa shape index (κ1) is 16.8. The minimum absolute atomic E-state index is 0.586. The molecule has 0 bridgehead atoms. The number of hydrogen-bond acceptors (Lipinski definition) is 2. The number of rotatable bonds is 6. The monoisotopic (exact) mass is 353 g/mol. The molecule has 0 saturated heterocycles.